The van der Waals surface area contributed by atoms with Crippen molar-refractivity contribution < 1.29 is 0 Å². The van der Waals surface area contributed by atoms with Crippen molar-refractivity contribution in [2.45, 2.75) is 0 Å². The molecule has 0 aromatic heterocycles. The zero-order valence-corrected chi connectivity index (χ0v) is 4.96. The lowest BCUT2D eigenvalue weighted by atomic mass is 10.3. The highest BCUT2D eigenvalue weighted by molar-refractivity contribution is 5.46. The first kappa shape index (κ1) is 5.71. The standard InChI is InChI=1S/C8H7N/c1-2-7-4-3-5-8(9)6-7/h1,3-6H,9H2/i2+1. The van der Waals surface area contributed by atoms with Gasteiger partial charge in [-0.3, -0.25) is 0 Å². The van der Waals surface area contributed by atoms with E-state index in [1.165, 1.54) is 0 Å². The molecule has 2 N–H and O–H groups in total. The summed E-state index contributed by atoms with van der Waals surface area (Å²) in [6.45, 7) is 0. The topological polar surface area (TPSA) is 26.0 Å². The van der Waals surface area contributed by atoms with Gasteiger partial charge in [0.25, 0.3) is 0 Å². The average Bonchev–Trinajstić information content (AvgIpc) is 1.88. The fourth-order valence-corrected chi connectivity index (χ4v) is 0.628. The van der Waals surface area contributed by atoms with Crippen LogP contribution in [0.15, 0.2) is 24.3 Å². The second-order valence-electron chi connectivity index (χ2n) is 1.77. The Labute approximate surface area is 54.5 Å². The first-order chi connectivity index (χ1) is 4.33. The van der Waals surface area contributed by atoms with Gasteiger partial charge in [-0.25, -0.2) is 0 Å². The van der Waals surface area contributed by atoms with Crippen LogP contribution in [0, 0.1) is 12.3 Å². The van der Waals surface area contributed by atoms with Crippen LogP contribution < -0.4 is 5.73 Å². The summed E-state index contributed by atoms with van der Waals surface area (Å²) in [5, 5.41) is 0. The normalized spacial score (nSPS) is 8.33. The molecule has 0 fully saturated rings. The van der Waals surface area contributed by atoms with Crippen molar-refractivity contribution in [3.8, 4) is 12.3 Å². The highest BCUT2D eigenvalue weighted by Gasteiger charge is 1.84. The second-order valence-corrected chi connectivity index (χ2v) is 1.77. The fraction of sp³-hybridized carbons (Fsp3) is 0. The number of nitrogen functional groups attached to an aromatic ring is 1. The first-order valence-corrected chi connectivity index (χ1v) is 2.65. The molecule has 0 atom stereocenters. The van der Waals surface area contributed by atoms with Crippen LogP contribution in [0.1, 0.15) is 5.56 Å². The Balaban J connectivity index is 3.12. The Hall–Kier alpha value is -1.42. The molecule has 1 aromatic rings. The van der Waals surface area contributed by atoms with Crippen LogP contribution in [0.4, 0.5) is 5.69 Å². The van der Waals surface area contributed by atoms with Crippen LogP contribution in [0.2, 0.25) is 0 Å². The molecule has 0 radical (unpaired) electrons. The van der Waals surface area contributed by atoms with E-state index in [1.54, 1.807) is 12.1 Å². The zero-order chi connectivity index (χ0) is 6.69. The van der Waals surface area contributed by atoms with Gasteiger partial charge in [-0.2, -0.15) is 0 Å². The molecule has 0 bridgehead atoms. The number of rotatable bonds is 0. The average molecular weight is 118 g/mol. The van der Waals surface area contributed by atoms with Crippen LogP contribution in [0.25, 0.3) is 0 Å². The van der Waals surface area contributed by atoms with Crippen molar-refractivity contribution in [1.82, 2.24) is 0 Å². The highest BCUT2D eigenvalue weighted by atomic mass is 14.5. The molecule has 0 saturated carbocycles. The minimum atomic E-state index is 0.713. The minimum Gasteiger partial charge on any atom is -0.399 e. The molecule has 0 aliphatic carbocycles. The lowest BCUT2D eigenvalue weighted by Gasteiger charge is -1.90. The molecule has 0 aliphatic heterocycles. The second kappa shape index (κ2) is 2.23. The predicted octanol–water partition coefficient (Wildman–Crippen LogP) is 1.25. The van der Waals surface area contributed by atoms with Gasteiger partial charge in [0, 0.05) is 11.3 Å². The molecule has 1 heteroatoms. The van der Waals surface area contributed by atoms with Gasteiger partial charge < -0.3 is 5.73 Å². The Kier molecular flexibility index (Phi) is 1.42. The summed E-state index contributed by atoms with van der Waals surface area (Å²) in [4.78, 5) is 0. The lowest BCUT2D eigenvalue weighted by Crippen LogP contribution is -1.83. The summed E-state index contributed by atoms with van der Waals surface area (Å²) in [5.41, 5.74) is 6.98. The molecular weight excluding hydrogens is 111 g/mol. The number of terminal acetylenes is 1. The molecule has 1 rings (SSSR count). The Bertz CT molecular complexity index is 245. The van der Waals surface area contributed by atoms with E-state index < -0.39 is 0 Å². The van der Waals surface area contributed by atoms with E-state index in [0.717, 1.165) is 5.56 Å². The van der Waals surface area contributed by atoms with Crippen LogP contribution in [0.5, 0.6) is 0 Å². The molecule has 44 valence electrons. The van der Waals surface area contributed by atoms with Gasteiger partial charge in [-0.1, -0.05) is 12.0 Å². The number of hydrogen-bond donors (Lipinski definition) is 1. The predicted molar refractivity (Wildman–Crippen MR) is 38.8 cm³/mol. The monoisotopic (exact) mass is 118 g/mol. The fourth-order valence-electron chi connectivity index (χ4n) is 0.628. The van der Waals surface area contributed by atoms with E-state index in [4.69, 9.17) is 12.2 Å². The van der Waals surface area contributed by atoms with Crippen LogP contribution in [0.3, 0.4) is 0 Å². The third-order valence-electron chi connectivity index (χ3n) is 1.05. The van der Waals surface area contributed by atoms with Gasteiger partial charge in [0.15, 0.2) is 0 Å². The van der Waals surface area contributed by atoms with Gasteiger partial charge in [0.05, 0.1) is 0 Å². The smallest absolute Gasteiger partial charge is 0.0326 e. The van der Waals surface area contributed by atoms with E-state index in [2.05, 4.69) is 5.92 Å². The maximum Gasteiger partial charge on any atom is 0.0326 e. The molecule has 1 nitrogen and oxygen atoms in total. The third kappa shape index (κ3) is 1.23. The van der Waals surface area contributed by atoms with Crippen LogP contribution in [-0.4, -0.2) is 0 Å². The number of nitrogens with two attached hydrogens (primary N) is 1. The van der Waals surface area contributed by atoms with E-state index in [1.807, 2.05) is 12.1 Å². The molecule has 0 saturated heterocycles. The van der Waals surface area contributed by atoms with Gasteiger partial charge in [0.2, 0.25) is 0 Å². The summed E-state index contributed by atoms with van der Waals surface area (Å²) < 4.78 is 0. The van der Waals surface area contributed by atoms with Crippen molar-refractivity contribution in [2.75, 3.05) is 5.73 Å². The summed E-state index contributed by atoms with van der Waals surface area (Å²) in [5.74, 6) is 2.49. The zero-order valence-electron chi connectivity index (χ0n) is 4.96. The Morgan fingerprint density at radius 3 is 2.67 bits per heavy atom. The number of anilines is 1. The van der Waals surface area contributed by atoms with E-state index >= 15 is 0 Å². The molecule has 1 aromatic carbocycles. The van der Waals surface area contributed by atoms with Gasteiger partial charge >= 0.3 is 0 Å². The summed E-state index contributed by atoms with van der Waals surface area (Å²) in [6.07, 6.45) is 5.11. The Morgan fingerprint density at radius 2 is 2.22 bits per heavy atom. The molecule has 0 heterocycles. The van der Waals surface area contributed by atoms with E-state index in [9.17, 15) is 0 Å². The number of hydrogen-bond acceptors (Lipinski definition) is 1. The largest absolute Gasteiger partial charge is 0.399 e. The molecule has 0 spiro atoms. The highest BCUT2D eigenvalue weighted by Crippen LogP contribution is 2.03. The molecule has 0 amide bonds. The van der Waals surface area contributed by atoms with Gasteiger partial charge in [-0.05, 0) is 18.2 Å². The van der Waals surface area contributed by atoms with Crippen molar-refractivity contribution in [3.05, 3.63) is 29.8 Å². The molecular formula is C8H7N. The summed E-state index contributed by atoms with van der Waals surface area (Å²) in [7, 11) is 0. The quantitative estimate of drug-likeness (QED) is 0.309. The van der Waals surface area contributed by atoms with Crippen LogP contribution in [-0.2, 0) is 0 Å². The number of benzene rings is 1. The minimum absolute atomic E-state index is 0.713. The van der Waals surface area contributed by atoms with Crippen molar-refractivity contribution in [1.29, 1.82) is 0 Å². The van der Waals surface area contributed by atoms with E-state index in [-0.39, 0.29) is 0 Å². The summed E-state index contributed by atoms with van der Waals surface area (Å²) >= 11 is 0. The van der Waals surface area contributed by atoms with Gasteiger partial charge in [0.1, 0.15) is 0 Å². The first-order valence-electron chi connectivity index (χ1n) is 2.65. The maximum absolute atomic E-state index is 5.44. The molecule has 0 unspecified atom stereocenters. The molecule has 9 heavy (non-hydrogen) atoms. The Morgan fingerprint density at radius 1 is 1.44 bits per heavy atom. The maximum atomic E-state index is 5.44. The SMILES string of the molecule is C#[13C]c1cccc(N)c1. The summed E-state index contributed by atoms with van der Waals surface area (Å²) in [6, 6.07) is 7.25. The van der Waals surface area contributed by atoms with Crippen LogP contribution >= 0.6 is 0 Å². The molecule has 0 aliphatic rings. The van der Waals surface area contributed by atoms with Crippen molar-refractivity contribution >= 4 is 5.69 Å². The van der Waals surface area contributed by atoms with E-state index in [0.29, 0.717) is 5.69 Å². The van der Waals surface area contributed by atoms with Crippen molar-refractivity contribution in [2.24, 2.45) is 0 Å². The van der Waals surface area contributed by atoms with Gasteiger partial charge in [-0.15, -0.1) is 6.42 Å². The third-order valence-corrected chi connectivity index (χ3v) is 1.05. The van der Waals surface area contributed by atoms with Crippen molar-refractivity contribution in [3.63, 3.8) is 0 Å². The lowest BCUT2D eigenvalue weighted by molar-refractivity contribution is 1.64.